The van der Waals surface area contributed by atoms with Gasteiger partial charge in [-0.3, -0.25) is 4.98 Å². The molecule has 0 aliphatic rings. The van der Waals surface area contributed by atoms with Gasteiger partial charge in [-0.25, -0.2) is 0 Å². The molecule has 0 aliphatic carbocycles. The average Bonchev–Trinajstić information content (AvgIpc) is 2.39. The minimum atomic E-state index is 0.750. The summed E-state index contributed by atoms with van der Waals surface area (Å²) in [7, 11) is 4.14. The third kappa shape index (κ3) is 2.17. The van der Waals surface area contributed by atoms with E-state index in [0.717, 1.165) is 38.2 Å². The Morgan fingerprint density at radius 1 is 1.00 bits per heavy atom. The predicted molar refractivity (Wildman–Crippen MR) is 72.4 cm³/mol. The molecule has 88 valence electrons. The van der Waals surface area contributed by atoms with E-state index in [2.05, 4.69) is 4.98 Å². The number of pyridine rings is 1. The molecule has 1 heterocycles. The van der Waals surface area contributed by atoms with Crippen LogP contribution in [0.2, 0.25) is 0 Å². The van der Waals surface area contributed by atoms with Crippen LogP contribution in [0.5, 0.6) is 11.5 Å². The van der Waals surface area contributed by atoms with Crippen molar-refractivity contribution in [3.63, 3.8) is 0 Å². The maximum atomic E-state index is 5.46. The van der Waals surface area contributed by atoms with Crippen LogP contribution in [0.4, 0.5) is 0 Å². The molecule has 0 atom stereocenters. The van der Waals surface area contributed by atoms with Crippen LogP contribution in [0.1, 0.15) is 0 Å². The van der Waals surface area contributed by atoms with Crippen molar-refractivity contribution < 1.29 is 9.47 Å². The molecule has 0 unspecified atom stereocenters. The van der Waals surface area contributed by atoms with Crippen molar-refractivity contribution in [2.45, 2.75) is 0 Å². The summed E-state index contributed by atoms with van der Waals surface area (Å²) in [6.07, 6.45) is 1.85. The second-order valence-corrected chi connectivity index (χ2v) is 4.64. The van der Waals surface area contributed by atoms with Gasteiger partial charge in [0.05, 0.1) is 29.8 Å². The Kier molecular flexibility index (Phi) is 3.44. The van der Waals surface area contributed by atoms with Crippen molar-refractivity contribution in [2.75, 3.05) is 14.2 Å². The fourth-order valence-electron chi connectivity index (χ4n) is 1.83. The lowest BCUT2D eigenvalue weighted by Gasteiger charge is -2.14. The van der Waals surface area contributed by atoms with Crippen LogP contribution in [0.15, 0.2) is 36.5 Å². The lowest BCUT2D eigenvalue weighted by molar-refractivity contribution is 0.357. The molecule has 1 aromatic heterocycles. The SMILES string of the molecule is COc1c(-c2ccccc2)cnc([SiH3])c1OC. The molecule has 0 fully saturated rings. The Morgan fingerprint density at radius 2 is 1.65 bits per heavy atom. The van der Waals surface area contributed by atoms with Crippen molar-refractivity contribution >= 4 is 15.6 Å². The number of hydrogen-bond acceptors (Lipinski definition) is 3. The zero-order chi connectivity index (χ0) is 12.3. The summed E-state index contributed by atoms with van der Waals surface area (Å²) in [5, 5.41) is 0.962. The Balaban J connectivity index is 2.63. The number of ether oxygens (including phenoxy) is 2. The van der Waals surface area contributed by atoms with Crippen LogP contribution in [-0.2, 0) is 0 Å². The van der Waals surface area contributed by atoms with Gasteiger partial charge in [0.25, 0.3) is 0 Å². The van der Waals surface area contributed by atoms with Gasteiger partial charge in [-0.2, -0.15) is 0 Å². The Hall–Kier alpha value is -1.81. The zero-order valence-corrected chi connectivity index (χ0v) is 12.2. The maximum Gasteiger partial charge on any atom is 0.177 e. The number of rotatable bonds is 3. The summed E-state index contributed by atoms with van der Waals surface area (Å²) in [6, 6.07) is 10.0. The normalized spacial score (nSPS) is 10.2. The summed E-state index contributed by atoms with van der Waals surface area (Å²) in [6.45, 7) is 0. The summed E-state index contributed by atoms with van der Waals surface area (Å²) < 4.78 is 10.8. The monoisotopic (exact) mass is 245 g/mol. The molecule has 0 saturated heterocycles. The molecule has 1 aromatic carbocycles. The second-order valence-electron chi connectivity index (χ2n) is 3.69. The van der Waals surface area contributed by atoms with E-state index in [1.807, 2.05) is 36.5 Å². The summed E-state index contributed by atoms with van der Waals surface area (Å²) >= 11 is 0. The molecule has 0 aliphatic heterocycles. The molecular weight excluding hydrogens is 230 g/mol. The summed E-state index contributed by atoms with van der Waals surface area (Å²) in [5.41, 5.74) is 2.04. The topological polar surface area (TPSA) is 31.4 Å². The molecule has 2 rings (SSSR count). The van der Waals surface area contributed by atoms with E-state index in [1.165, 1.54) is 0 Å². The molecule has 4 heteroatoms. The summed E-state index contributed by atoms with van der Waals surface area (Å²) in [4.78, 5) is 4.39. The van der Waals surface area contributed by atoms with E-state index < -0.39 is 0 Å². The van der Waals surface area contributed by atoms with Crippen LogP contribution in [0, 0.1) is 0 Å². The average molecular weight is 245 g/mol. The first-order chi connectivity index (χ1) is 8.27. The Morgan fingerprint density at radius 3 is 2.24 bits per heavy atom. The molecule has 0 spiro atoms. The fourth-order valence-corrected chi connectivity index (χ4v) is 2.39. The van der Waals surface area contributed by atoms with Crippen LogP contribution in [0.25, 0.3) is 11.1 Å². The molecular formula is C13H15NO2Si. The maximum absolute atomic E-state index is 5.46. The van der Waals surface area contributed by atoms with Crippen molar-refractivity contribution in [3.8, 4) is 22.6 Å². The van der Waals surface area contributed by atoms with Gasteiger partial charge in [-0.1, -0.05) is 30.3 Å². The Labute approximate surface area is 104 Å². The number of aromatic nitrogens is 1. The Bertz CT molecular complexity index is 514. The van der Waals surface area contributed by atoms with E-state index in [9.17, 15) is 0 Å². The van der Waals surface area contributed by atoms with Crippen molar-refractivity contribution in [1.29, 1.82) is 0 Å². The largest absolute Gasteiger partial charge is 0.492 e. The first kappa shape index (κ1) is 11.7. The van der Waals surface area contributed by atoms with Gasteiger partial charge in [-0.15, -0.1) is 0 Å². The van der Waals surface area contributed by atoms with Crippen molar-refractivity contribution in [3.05, 3.63) is 36.5 Å². The molecule has 0 saturated carbocycles. The van der Waals surface area contributed by atoms with E-state index in [0.29, 0.717) is 0 Å². The van der Waals surface area contributed by atoms with Crippen LogP contribution in [-0.4, -0.2) is 29.4 Å². The van der Waals surface area contributed by atoms with E-state index >= 15 is 0 Å². The number of methoxy groups -OCH3 is 2. The minimum Gasteiger partial charge on any atom is -0.492 e. The number of benzene rings is 1. The quantitative estimate of drug-likeness (QED) is 0.748. The summed E-state index contributed by atoms with van der Waals surface area (Å²) in [5.74, 6) is 1.51. The second kappa shape index (κ2) is 5.01. The van der Waals surface area contributed by atoms with Gasteiger partial charge < -0.3 is 9.47 Å². The van der Waals surface area contributed by atoms with Crippen molar-refractivity contribution in [2.24, 2.45) is 0 Å². The van der Waals surface area contributed by atoms with Crippen LogP contribution >= 0.6 is 0 Å². The number of hydrogen-bond donors (Lipinski definition) is 0. The highest BCUT2D eigenvalue weighted by Gasteiger charge is 2.14. The third-order valence-electron chi connectivity index (χ3n) is 2.66. The molecule has 17 heavy (non-hydrogen) atoms. The van der Waals surface area contributed by atoms with Crippen molar-refractivity contribution in [1.82, 2.24) is 4.98 Å². The first-order valence-electron chi connectivity index (χ1n) is 5.41. The molecule has 0 N–H and O–H groups in total. The van der Waals surface area contributed by atoms with Gasteiger partial charge in [0.15, 0.2) is 11.5 Å². The van der Waals surface area contributed by atoms with E-state index in [4.69, 9.17) is 9.47 Å². The lowest BCUT2D eigenvalue weighted by Crippen LogP contribution is -2.13. The highest BCUT2D eigenvalue weighted by atomic mass is 28.1. The highest BCUT2D eigenvalue weighted by Crippen LogP contribution is 2.35. The first-order valence-corrected chi connectivity index (χ1v) is 6.41. The van der Waals surface area contributed by atoms with E-state index in [-0.39, 0.29) is 0 Å². The number of nitrogens with zero attached hydrogens (tertiary/aromatic N) is 1. The zero-order valence-electron chi connectivity index (χ0n) is 10.2. The van der Waals surface area contributed by atoms with Gasteiger partial charge in [0, 0.05) is 11.8 Å². The smallest absolute Gasteiger partial charge is 0.177 e. The highest BCUT2D eigenvalue weighted by molar-refractivity contribution is 6.33. The lowest BCUT2D eigenvalue weighted by atomic mass is 10.1. The predicted octanol–water partition coefficient (Wildman–Crippen LogP) is 0.756. The molecule has 0 amide bonds. The molecule has 2 aromatic rings. The molecule has 0 radical (unpaired) electrons. The fraction of sp³-hybridized carbons (Fsp3) is 0.154. The molecule has 3 nitrogen and oxygen atoms in total. The van der Waals surface area contributed by atoms with Crippen LogP contribution in [0.3, 0.4) is 0 Å². The van der Waals surface area contributed by atoms with E-state index in [1.54, 1.807) is 14.2 Å². The van der Waals surface area contributed by atoms with Crippen LogP contribution < -0.4 is 14.8 Å². The van der Waals surface area contributed by atoms with Gasteiger partial charge >= 0.3 is 0 Å². The minimum absolute atomic E-state index is 0.750. The standard InChI is InChI=1S/C13H15NO2Si/c1-15-11-10(9-6-4-3-5-7-9)8-14-13(17)12(11)16-2/h3-8H,1-2,17H3. The molecule has 0 bridgehead atoms. The van der Waals surface area contributed by atoms with Gasteiger partial charge in [0.2, 0.25) is 0 Å². The van der Waals surface area contributed by atoms with Gasteiger partial charge in [0.1, 0.15) is 0 Å². The van der Waals surface area contributed by atoms with Gasteiger partial charge in [-0.05, 0) is 5.56 Å². The third-order valence-corrected chi connectivity index (χ3v) is 3.37.